The van der Waals surface area contributed by atoms with Gasteiger partial charge in [0.05, 0.1) is 39.9 Å². The molecule has 3 aromatic rings. The predicted octanol–water partition coefficient (Wildman–Crippen LogP) is 2.09. The van der Waals surface area contributed by atoms with E-state index in [1.165, 1.54) is 54.6 Å². The Hall–Kier alpha value is -5.14. The van der Waals surface area contributed by atoms with Crippen molar-refractivity contribution in [1.29, 1.82) is 0 Å². The second kappa shape index (κ2) is 14.1. The molecular formula is C29H28N4O12S2. The molecule has 18 heteroatoms. The lowest BCUT2D eigenvalue weighted by Crippen LogP contribution is -2.28. The summed E-state index contributed by atoms with van der Waals surface area (Å²) in [5.74, 6) is -1.67. The number of hydrazone groups is 1. The van der Waals surface area contributed by atoms with Crippen molar-refractivity contribution in [2.24, 2.45) is 5.10 Å². The van der Waals surface area contributed by atoms with E-state index in [4.69, 9.17) is 9.47 Å². The molecule has 1 atom stereocenters. The minimum atomic E-state index is -4.47. The first-order valence-corrected chi connectivity index (χ1v) is 16.5. The number of rotatable bonds is 11. The van der Waals surface area contributed by atoms with Crippen LogP contribution in [0.2, 0.25) is 0 Å². The molecule has 16 nitrogen and oxygen atoms in total. The minimum Gasteiger partial charge on any atom is -0.461 e. The third kappa shape index (κ3) is 7.81. The van der Waals surface area contributed by atoms with Crippen LogP contribution in [0.1, 0.15) is 29.9 Å². The van der Waals surface area contributed by atoms with Gasteiger partial charge in [0.15, 0.2) is 17.6 Å². The van der Waals surface area contributed by atoms with E-state index < -0.39 is 48.9 Å². The van der Waals surface area contributed by atoms with E-state index in [9.17, 15) is 45.4 Å². The Kier molecular flexibility index (Phi) is 10.4. The van der Waals surface area contributed by atoms with Gasteiger partial charge < -0.3 is 14.6 Å². The first-order chi connectivity index (χ1) is 22.2. The van der Waals surface area contributed by atoms with E-state index in [1.807, 2.05) is 0 Å². The molecule has 0 saturated carbocycles. The molecule has 248 valence electrons. The predicted molar refractivity (Wildman–Crippen MR) is 167 cm³/mol. The number of hydrogen-bond acceptors (Lipinski definition) is 12. The van der Waals surface area contributed by atoms with Crippen molar-refractivity contribution in [3.05, 3.63) is 100 Å². The first-order valence-electron chi connectivity index (χ1n) is 13.6. The maximum Gasteiger partial charge on any atom is 0.359 e. The van der Waals surface area contributed by atoms with Gasteiger partial charge in [0.1, 0.15) is 0 Å². The Balaban J connectivity index is 1.64. The number of aliphatic hydroxyl groups excluding tert-OH is 1. The highest BCUT2D eigenvalue weighted by Gasteiger charge is 2.35. The molecule has 4 N–H and O–H groups in total. The number of ether oxygens (including phenoxy) is 2. The molecule has 0 radical (unpaired) electrons. The molecule has 4 rings (SSSR count). The van der Waals surface area contributed by atoms with Gasteiger partial charge in [-0.25, -0.2) is 19.3 Å². The fourth-order valence-corrected chi connectivity index (χ4v) is 5.21. The molecule has 2 heterocycles. The van der Waals surface area contributed by atoms with Crippen molar-refractivity contribution in [2.75, 3.05) is 18.2 Å². The Morgan fingerprint density at radius 1 is 0.851 bits per heavy atom. The number of aliphatic hydroxyl groups is 1. The summed E-state index contributed by atoms with van der Waals surface area (Å²) in [6.45, 7) is 3.19. The third-order valence-electron chi connectivity index (χ3n) is 6.42. The van der Waals surface area contributed by atoms with Crippen LogP contribution in [0.15, 0.2) is 98.1 Å². The normalized spacial score (nSPS) is 16.3. The monoisotopic (exact) mass is 688 g/mol. The number of anilines is 1. The van der Waals surface area contributed by atoms with E-state index in [1.54, 1.807) is 13.8 Å². The van der Waals surface area contributed by atoms with E-state index in [0.717, 1.165) is 34.0 Å². The standard InChI is InChI=1S/C29H28N4O12S2/c1-3-44-28(36)24-22(26(34)32(30-24)18-10-14-20(15-11-18)46(38,39)40)8-6-5-7-9-23-25(29(37)45-4-2)31-33(27(23)35)19-12-16-21(17-13-19)47(41,42)43/h5-17,26,31,34H,3-4H2,1-2H3,(H,38,39,40)(H,41,42,43). The zero-order valence-electron chi connectivity index (χ0n) is 24.7. The van der Waals surface area contributed by atoms with Crippen LogP contribution in [-0.2, 0) is 34.5 Å². The lowest BCUT2D eigenvalue weighted by atomic mass is 10.1. The summed E-state index contributed by atoms with van der Waals surface area (Å²) in [6.07, 6.45) is 5.40. The molecule has 47 heavy (non-hydrogen) atoms. The largest absolute Gasteiger partial charge is 0.461 e. The Morgan fingerprint density at radius 2 is 1.38 bits per heavy atom. The summed E-state index contributed by atoms with van der Waals surface area (Å²) >= 11 is 0. The summed E-state index contributed by atoms with van der Waals surface area (Å²) in [6, 6.07) is 9.38. The number of nitrogens with one attached hydrogen (secondary N) is 1. The fourth-order valence-electron chi connectivity index (χ4n) is 4.25. The number of allylic oxidation sites excluding steroid dienone is 4. The molecule has 1 unspecified atom stereocenters. The van der Waals surface area contributed by atoms with Crippen LogP contribution in [0.4, 0.5) is 5.69 Å². The number of aromatic amines is 1. The van der Waals surface area contributed by atoms with Crippen LogP contribution in [0.25, 0.3) is 11.8 Å². The molecule has 2 aromatic carbocycles. The van der Waals surface area contributed by atoms with Gasteiger partial charge in [-0.2, -0.15) is 21.9 Å². The quantitative estimate of drug-likeness (QED) is 0.128. The molecule has 1 aromatic heterocycles. The topological polar surface area (TPSA) is 235 Å². The Bertz CT molecular complexity index is 2070. The van der Waals surface area contributed by atoms with Gasteiger partial charge in [0, 0.05) is 5.57 Å². The molecule has 0 saturated heterocycles. The van der Waals surface area contributed by atoms with Crippen LogP contribution < -0.4 is 10.6 Å². The van der Waals surface area contributed by atoms with E-state index in [-0.39, 0.29) is 52.0 Å². The van der Waals surface area contributed by atoms with E-state index >= 15 is 0 Å². The molecule has 0 fully saturated rings. The zero-order valence-corrected chi connectivity index (χ0v) is 26.3. The highest BCUT2D eigenvalue weighted by molar-refractivity contribution is 7.86. The molecule has 1 aliphatic heterocycles. The van der Waals surface area contributed by atoms with Crippen LogP contribution in [-0.4, -0.2) is 77.9 Å². The third-order valence-corrected chi connectivity index (χ3v) is 8.15. The molecule has 0 aliphatic carbocycles. The second-order valence-corrected chi connectivity index (χ2v) is 12.3. The Labute approximate surface area is 268 Å². The summed E-state index contributed by atoms with van der Waals surface area (Å²) in [7, 11) is -8.94. The highest BCUT2D eigenvalue weighted by Crippen LogP contribution is 2.28. The highest BCUT2D eigenvalue weighted by atomic mass is 32.2. The van der Waals surface area contributed by atoms with Crippen molar-refractivity contribution in [1.82, 2.24) is 9.78 Å². The van der Waals surface area contributed by atoms with Crippen LogP contribution in [0.3, 0.4) is 0 Å². The molecule has 0 bridgehead atoms. The second-order valence-electron chi connectivity index (χ2n) is 9.45. The number of H-pyrrole nitrogens is 1. The fraction of sp³-hybridized carbons (Fsp3) is 0.172. The van der Waals surface area contributed by atoms with Crippen LogP contribution >= 0.6 is 0 Å². The summed E-state index contributed by atoms with van der Waals surface area (Å²) in [5, 5.41) is 18.8. The van der Waals surface area contributed by atoms with Gasteiger partial charge in [-0.15, -0.1) is 0 Å². The number of carbonyl (C=O) groups excluding carboxylic acids is 2. The van der Waals surface area contributed by atoms with Gasteiger partial charge in [0.2, 0.25) is 0 Å². The Morgan fingerprint density at radius 3 is 1.91 bits per heavy atom. The number of nitrogens with zero attached hydrogens (tertiary/aromatic N) is 3. The van der Waals surface area contributed by atoms with E-state index in [2.05, 4.69) is 10.2 Å². The molecular weight excluding hydrogens is 660 g/mol. The van der Waals surface area contributed by atoms with Crippen LogP contribution in [0, 0.1) is 0 Å². The number of esters is 2. The number of aromatic nitrogens is 2. The van der Waals surface area contributed by atoms with E-state index in [0.29, 0.717) is 0 Å². The number of carbonyl (C=O) groups is 2. The van der Waals surface area contributed by atoms with Crippen molar-refractivity contribution >= 4 is 49.6 Å². The summed E-state index contributed by atoms with van der Waals surface area (Å²) in [5.41, 5.74) is -0.838. The zero-order chi connectivity index (χ0) is 34.5. The lowest BCUT2D eigenvalue weighted by molar-refractivity contribution is -0.134. The van der Waals surface area contributed by atoms with Gasteiger partial charge in [-0.05, 0) is 68.5 Å². The van der Waals surface area contributed by atoms with Crippen molar-refractivity contribution in [2.45, 2.75) is 29.9 Å². The van der Waals surface area contributed by atoms with Crippen LogP contribution in [0.5, 0.6) is 0 Å². The van der Waals surface area contributed by atoms with Gasteiger partial charge >= 0.3 is 11.9 Å². The average molecular weight is 689 g/mol. The molecule has 1 aliphatic rings. The first kappa shape index (κ1) is 34.7. The number of hydrogen-bond donors (Lipinski definition) is 4. The minimum absolute atomic E-state index is 0.0140. The summed E-state index contributed by atoms with van der Waals surface area (Å²) < 4.78 is 75.0. The van der Waals surface area contributed by atoms with Crippen molar-refractivity contribution in [3.63, 3.8) is 0 Å². The SMILES string of the molecule is CCOC(=O)C1=NN(c2ccc(S(=O)(=O)O)cc2)C(O)C1=CC=CC=Cc1c(C(=O)OCC)[nH]n(-c2ccc(S(=O)(=O)O)cc2)c1=O. The number of benzene rings is 2. The van der Waals surface area contributed by atoms with Gasteiger partial charge in [-0.1, -0.05) is 24.3 Å². The maximum atomic E-state index is 13.2. The lowest BCUT2D eigenvalue weighted by Gasteiger charge is -2.19. The molecule has 0 spiro atoms. The average Bonchev–Trinajstić information content (AvgIpc) is 3.52. The maximum absolute atomic E-state index is 13.2. The van der Waals surface area contributed by atoms with Crippen molar-refractivity contribution in [3.8, 4) is 5.69 Å². The summed E-state index contributed by atoms with van der Waals surface area (Å²) in [4.78, 5) is 37.7. The van der Waals surface area contributed by atoms with Gasteiger partial charge in [0.25, 0.3) is 25.8 Å². The van der Waals surface area contributed by atoms with Crippen molar-refractivity contribution < 1.29 is 50.1 Å². The molecule has 0 amide bonds. The van der Waals surface area contributed by atoms with Gasteiger partial charge in [-0.3, -0.25) is 19.0 Å². The smallest absolute Gasteiger partial charge is 0.359 e.